The van der Waals surface area contributed by atoms with Crippen molar-refractivity contribution in [1.82, 2.24) is 0 Å². The number of hydrogen-bond acceptors (Lipinski definition) is 1. The topological polar surface area (TPSA) is 9.23 Å². The molecule has 0 aliphatic rings. The maximum atomic E-state index is 5.85. The zero-order valence-electron chi connectivity index (χ0n) is 10.9. The molecule has 0 saturated heterocycles. The van der Waals surface area contributed by atoms with Crippen LogP contribution < -0.4 is 4.74 Å². The Morgan fingerprint density at radius 1 is 0.889 bits per heavy atom. The van der Waals surface area contributed by atoms with Gasteiger partial charge in [-0.3, -0.25) is 0 Å². The first-order chi connectivity index (χ1) is 8.90. The molecule has 0 aliphatic carbocycles. The maximum absolute atomic E-state index is 5.85. The van der Waals surface area contributed by atoms with Crippen LogP contribution in [-0.4, -0.2) is 6.61 Å². The Hall–Kier alpha value is -1.76. The van der Waals surface area contributed by atoms with Crippen molar-refractivity contribution in [3.05, 3.63) is 65.7 Å². The highest BCUT2D eigenvalue weighted by Crippen LogP contribution is 2.18. The molecular formula is C17H20O. The van der Waals surface area contributed by atoms with Crippen LogP contribution in [0.5, 0.6) is 5.75 Å². The van der Waals surface area contributed by atoms with Gasteiger partial charge in [-0.25, -0.2) is 0 Å². The van der Waals surface area contributed by atoms with Crippen molar-refractivity contribution in [3.8, 4) is 5.75 Å². The summed E-state index contributed by atoms with van der Waals surface area (Å²) in [5.41, 5.74) is 2.67. The zero-order valence-corrected chi connectivity index (χ0v) is 10.9. The minimum absolute atomic E-state index is 0.784. The van der Waals surface area contributed by atoms with Gasteiger partial charge in [0.1, 0.15) is 5.75 Å². The highest BCUT2D eigenvalue weighted by atomic mass is 16.5. The van der Waals surface area contributed by atoms with Crippen LogP contribution in [0, 0.1) is 0 Å². The molecule has 18 heavy (non-hydrogen) atoms. The molecule has 0 fully saturated rings. The summed E-state index contributed by atoms with van der Waals surface area (Å²) in [5, 5.41) is 0. The fourth-order valence-corrected chi connectivity index (χ4v) is 2.04. The van der Waals surface area contributed by atoms with E-state index >= 15 is 0 Å². The summed E-state index contributed by atoms with van der Waals surface area (Å²) >= 11 is 0. The summed E-state index contributed by atoms with van der Waals surface area (Å²) in [7, 11) is 0. The van der Waals surface area contributed by atoms with E-state index in [4.69, 9.17) is 4.74 Å². The van der Waals surface area contributed by atoms with Crippen LogP contribution in [0.2, 0.25) is 0 Å². The SMILES string of the molecule is CCc1ccccc1OCCCc1ccccc1. The molecule has 0 heterocycles. The van der Waals surface area contributed by atoms with Gasteiger partial charge in [0.15, 0.2) is 0 Å². The fraction of sp³-hybridized carbons (Fsp3) is 0.294. The Bertz CT molecular complexity index is 462. The molecule has 0 spiro atoms. The van der Waals surface area contributed by atoms with Crippen LogP contribution in [0.15, 0.2) is 54.6 Å². The van der Waals surface area contributed by atoms with Crippen molar-refractivity contribution in [2.24, 2.45) is 0 Å². The molecule has 0 atom stereocenters. The fourth-order valence-electron chi connectivity index (χ4n) is 2.04. The molecule has 0 radical (unpaired) electrons. The third kappa shape index (κ3) is 3.63. The standard InChI is InChI=1S/C17H20O/c1-2-16-12-6-7-13-17(16)18-14-8-11-15-9-4-3-5-10-15/h3-7,9-10,12-13H,2,8,11,14H2,1H3. The third-order valence-electron chi connectivity index (χ3n) is 3.06. The number of rotatable bonds is 6. The molecule has 0 aromatic heterocycles. The van der Waals surface area contributed by atoms with Gasteiger partial charge in [-0.2, -0.15) is 0 Å². The summed E-state index contributed by atoms with van der Waals surface area (Å²) in [6.45, 7) is 2.94. The van der Waals surface area contributed by atoms with Gasteiger partial charge in [0.2, 0.25) is 0 Å². The van der Waals surface area contributed by atoms with Crippen molar-refractivity contribution in [2.45, 2.75) is 26.2 Å². The largest absolute Gasteiger partial charge is 0.493 e. The minimum atomic E-state index is 0.784. The number of para-hydroxylation sites is 1. The lowest BCUT2D eigenvalue weighted by molar-refractivity contribution is 0.308. The van der Waals surface area contributed by atoms with Crippen LogP contribution in [0.25, 0.3) is 0 Å². The van der Waals surface area contributed by atoms with E-state index in [0.717, 1.165) is 31.6 Å². The first-order valence-electron chi connectivity index (χ1n) is 6.65. The first kappa shape index (κ1) is 12.7. The van der Waals surface area contributed by atoms with E-state index in [2.05, 4.69) is 55.5 Å². The Kier molecular flexibility index (Phi) is 4.83. The lowest BCUT2D eigenvalue weighted by atomic mass is 10.1. The molecular weight excluding hydrogens is 220 g/mol. The van der Waals surface area contributed by atoms with E-state index in [9.17, 15) is 0 Å². The lowest BCUT2D eigenvalue weighted by Gasteiger charge is -2.10. The quantitative estimate of drug-likeness (QED) is 0.685. The van der Waals surface area contributed by atoms with Crippen LogP contribution in [0.4, 0.5) is 0 Å². The van der Waals surface area contributed by atoms with Crippen LogP contribution >= 0.6 is 0 Å². The molecule has 0 saturated carbocycles. The molecule has 1 nitrogen and oxygen atoms in total. The Balaban J connectivity index is 1.78. The average molecular weight is 240 g/mol. The number of aryl methyl sites for hydroxylation is 2. The second-order valence-corrected chi connectivity index (χ2v) is 4.40. The van der Waals surface area contributed by atoms with Gasteiger partial charge in [-0.05, 0) is 36.5 Å². The number of benzene rings is 2. The van der Waals surface area contributed by atoms with Gasteiger partial charge in [0, 0.05) is 0 Å². The summed E-state index contributed by atoms with van der Waals surface area (Å²) < 4.78 is 5.85. The highest BCUT2D eigenvalue weighted by molar-refractivity contribution is 5.33. The summed E-state index contributed by atoms with van der Waals surface area (Å²) in [6.07, 6.45) is 3.16. The van der Waals surface area contributed by atoms with E-state index in [-0.39, 0.29) is 0 Å². The Morgan fingerprint density at radius 3 is 2.39 bits per heavy atom. The lowest BCUT2D eigenvalue weighted by Crippen LogP contribution is -2.01. The van der Waals surface area contributed by atoms with Crippen LogP contribution in [-0.2, 0) is 12.8 Å². The van der Waals surface area contributed by atoms with Gasteiger partial charge < -0.3 is 4.74 Å². The van der Waals surface area contributed by atoms with Crippen molar-refractivity contribution in [3.63, 3.8) is 0 Å². The predicted molar refractivity (Wildman–Crippen MR) is 76.1 cm³/mol. The molecule has 0 amide bonds. The van der Waals surface area contributed by atoms with E-state index in [0.29, 0.717) is 0 Å². The third-order valence-corrected chi connectivity index (χ3v) is 3.06. The van der Waals surface area contributed by atoms with Crippen LogP contribution in [0.1, 0.15) is 24.5 Å². The van der Waals surface area contributed by atoms with Gasteiger partial charge in [0.05, 0.1) is 6.61 Å². The minimum Gasteiger partial charge on any atom is -0.493 e. The van der Waals surface area contributed by atoms with Crippen molar-refractivity contribution in [1.29, 1.82) is 0 Å². The van der Waals surface area contributed by atoms with Crippen molar-refractivity contribution in [2.75, 3.05) is 6.61 Å². The molecule has 2 aromatic rings. The number of hydrogen-bond donors (Lipinski definition) is 0. The van der Waals surface area contributed by atoms with Gasteiger partial charge in [0.25, 0.3) is 0 Å². The highest BCUT2D eigenvalue weighted by Gasteiger charge is 2.00. The molecule has 1 heteroatoms. The van der Waals surface area contributed by atoms with Gasteiger partial charge in [-0.1, -0.05) is 55.5 Å². The van der Waals surface area contributed by atoms with E-state index in [1.807, 2.05) is 6.07 Å². The van der Waals surface area contributed by atoms with Crippen molar-refractivity contribution < 1.29 is 4.74 Å². The smallest absolute Gasteiger partial charge is 0.122 e. The predicted octanol–water partition coefficient (Wildman–Crippen LogP) is 4.26. The van der Waals surface area contributed by atoms with Gasteiger partial charge in [-0.15, -0.1) is 0 Å². The van der Waals surface area contributed by atoms with Gasteiger partial charge >= 0.3 is 0 Å². The average Bonchev–Trinajstić information content (AvgIpc) is 2.45. The molecule has 0 N–H and O–H groups in total. The van der Waals surface area contributed by atoms with E-state index in [1.54, 1.807) is 0 Å². The summed E-state index contributed by atoms with van der Waals surface area (Å²) in [4.78, 5) is 0. The monoisotopic (exact) mass is 240 g/mol. The van der Waals surface area contributed by atoms with E-state index in [1.165, 1.54) is 11.1 Å². The molecule has 2 aromatic carbocycles. The summed E-state index contributed by atoms with van der Waals surface area (Å²) in [5.74, 6) is 1.04. The zero-order chi connectivity index (χ0) is 12.6. The molecule has 0 unspecified atom stereocenters. The molecule has 0 bridgehead atoms. The summed E-state index contributed by atoms with van der Waals surface area (Å²) in [6, 6.07) is 18.8. The van der Waals surface area contributed by atoms with Crippen molar-refractivity contribution >= 4 is 0 Å². The molecule has 0 aliphatic heterocycles. The molecule has 2 rings (SSSR count). The second-order valence-electron chi connectivity index (χ2n) is 4.40. The molecule has 94 valence electrons. The maximum Gasteiger partial charge on any atom is 0.122 e. The second kappa shape index (κ2) is 6.85. The van der Waals surface area contributed by atoms with E-state index < -0.39 is 0 Å². The Morgan fingerprint density at radius 2 is 1.61 bits per heavy atom. The normalized spacial score (nSPS) is 10.3. The Labute approximate surface area is 109 Å². The van der Waals surface area contributed by atoms with Crippen LogP contribution in [0.3, 0.4) is 0 Å². The number of ether oxygens (including phenoxy) is 1. The first-order valence-corrected chi connectivity index (χ1v) is 6.65.